The lowest BCUT2D eigenvalue weighted by atomic mass is 9.92. The summed E-state index contributed by atoms with van der Waals surface area (Å²) in [5, 5.41) is 13.0. The van der Waals surface area contributed by atoms with Crippen LogP contribution in [0.2, 0.25) is 0 Å². The van der Waals surface area contributed by atoms with Crippen LogP contribution in [-0.2, 0) is 4.74 Å². The fraction of sp³-hybridized carbons (Fsp3) is 0.583. The van der Waals surface area contributed by atoms with Gasteiger partial charge in [0.05, 0.1) is 11.6 Å². The number of fused-ring (bicyclic) bond motifs is 1. The lowest BCUT2D eigenvalue weighted by molar-refractivity contribution is 0.0534. The number of ether oxygens (including phenoxy) is 1. The van der Waals surface area contributed by atoms with Crippen molar-refractivity contribution in [2.24, 2.45) is 10.7 Å². The third-order valence-corrected chi connectivity index (χ3v) is 6.56. The third kappa shape index (κ3) is 5.19. The number of halogens is 1. The number of anilines is 1. The molecule has 4 rings (SSSR count). The molecule has 2 aliphatic rings. The van der Waals surface area contributed by atoms with E-state index in [1.165, 1.54) is 44.2 Å². The summed E-state index contributed by atoms with van der Waals surface area (Å²) in [6.45, 7) is 3.19. The largest absolute Gasteiger partial charge is 0.578 e. The highest BCUT2D eigenvalue weighted by molar-refractivity contribution is 6.01. The molecule has 1 aliphatic heterocycles. The fourth-order valence-corrected chi connectivity index (χ4v) is 4.94. The molecule has 5 N–H and O–H groups in total. The number of nitrogens with one attached hydrogen (secondary N) is 1. The van der Waals surface area contributed by atoms with E-state index in [-0.39, 0.29) is 17.8 Å². The molecule has 3 atom stereocenters. The van der Waals surface area contributed by atoms with Crippen molar-refractivity contribution in [3.05, 3.63) is 35.6 Å². The maximum Gasteiger partial charge on any atom is 0.365 e. The summed E-state index contributed by atoms with van der Waals surface area (Å²) in [4.78, 5) is 11.2. The Morgan fingerprint density at radius 1 is 1.28 bits per heavy atom. The standard InChI is InChI=1S/C24H34FN5O2/c1-15(26)27-24(31)19-13-16-12-17(25)8-9-20(16)29-23(19)30-11-10-21(22(14-30)32-2)28-18-6-4-3-5-7-18/h8-9,12-13,15,18,21-22,28H,3-7,10-11,14,26H2,1-2H3,(H,27,31)/p+1. The van der Waals surface area contributed by atoms with Gasteiger partial charge in [-0.25, -0.2) is 9.37 Å². The molecule has 1 aliphatic carbocycles. The van der Waals surface area contributed by atoms with Gasteiger partial charge in [-0.05, 0) is 50.5 Å². The Bertz CT molecular complexity index is 961. The summed E-state index contributed by atoms with van der Waals surface area (Å²) in [5.41, 5.74) is 7.07. The minimum absolute atomic E-state index is 0.0174. The Morgan fingerprint density at radius 3 is 2.78 bits per heavy atom. The number of nitrogens with two attached hydrogens (primary N) is 1. The summed E-state index contributed by atoms with van der Waals surface area (Å²) in [7, 11) is 1.76. The molecule has 2 fully saturated rings. The van der Waals surface area contributed by atoms with Gasteiger partial charge in [0.1, 0.15) is 23.4 Å². The van der Waals surface area contributed by atoms with E-state index >= 15 is 0 Å². The smallest absolute Gasteiger partial charge is 0.365 e. The zero-order chi connectivity index (χ0) is 22.7. The molecule has 1 saturated carbocycles. The van der Waals surface area contributed by atoms with Gasteiger partial charge >= 0.3 is 5.90 Å². The Balaban J connectivity index is 1.62. The normalized spacial score (nSPS) is 24.1. The molecule has 1 saturated heterocycles. The number of rotatable bonds is 6. The number of nitrogens with zero attached hydrogens (tertiary/aromatic N) is 3. The maximum absolute atomic E-state index is 13.8. The van der Waals surface area contributed by atoms with Gasteiger partial charge in [0.15, 0.2) is 0 Å². The highest BCUT2D eigenvalue weighted by atomic mass is 19.1. The summed E-state index contributed by atoms with van der Waals surface area (Å²) in [6.07, 6.45) is 6.84. The quantitative estimate of drug-likeness (QED) is 0.405. The fourth-order valence-electron chi connectivity index (χ4n) is 4.94. The molecular formula is C24H35FN5O2+. The van der Waals surface area contributed by atoms with E-state index in [9.17, 15) is 4.39 Å². The van der Waals surface area contributed by atoms with Crippen molar-refractivity contribution in [2.45, 2.75) is 69.8 Å². The van der Waals surface area contributed by atoms with Gasteiger partial charge in [-0.1, -0.05) is 19.3 Å². The molecule has 1 aromatic carbocycles. The summed E-state index contributed by atoms with van der Waals surface area (Å²) < 4.78 is 19.7. The molecule has 7 nitrogen and oxygen atoms in total. The topological polar surface area (TPSA) is 98.7 Å². The van der Waals surface area contributed by atoms with Crippen LogP contribution in [0, 0.1) is 5.82 Å². The van der Waals surface area contributed by atoms with Gasteiger partial charge in [0.25, 0.3) is 0 Å². The first-order chi connectivity index (χ1) is 15.4. The SMILES string of the molecule is COC1CN(c2nc3ccc(F)cc3cc2/C([OH2+])=N/C(C)N)CCC1NC1CCCCC1. The van der Waals surface area contributed by atoms with Crippen molar-refractivity contribution in [3.63, 3.8) is 0 Å². The number of pyridine rings is 1. The number of hydrogen-bond acceptors (Lipinski definition) is 6. The first-order valence-corrected chi connectivity index (χ1v) is 11.6. The molecule has 32 heavy (non-hydrogen) atoms. The highest BCUT2D eigenvalue weighted by Gasteiger charge is 2.33. The van der Waals surface area contributed by atoms with Crippen LogP contribution in [-0.4, -0.2) is 60.5 Å². The van der Waals surface area contributed by atoms with Crippen LogP contribution in [0.1, 0.15) is 51.0 Å². The molecule has 2 heterocycles. The van der Waals surface area contributed by atoms with E-state index in [1.54, 1.807) is 26.2 Å². The van der Waals surface area contributed by atoms with E-state index < -0.39 is 6.17 Å². The van der Waals surface area contributed by atoms with Crippen molar-refractivity contribution in [1.29, 1.82) is 0 Å². The van der Waals surface area contributed by atoms with Crippen molar-refractivity contribution in [2.75, 3.05) is 25.1 Å². The molecule has 3 unspecified atom stereocenters. The summed E-state index contributed by atoms with van der Waals surface area (Å²) in [5.74, 6) is 0.407. The molecule has 8 heteroatoms. The summed E-state index contributed by atoms with van der Waals surface area (Å²) in [6, 6.07) is 7.19. The van der Waals surface area contributed by atoms with Crippen LogP contribution in [0.5, 0.6) is 0 Å². The van der Waals surface area contributed by atoms with E-state index in [1.807, 2.05) is 0 Å². The van der Waals surface area contributed by atoms with E-state index in [4.69, 9.17) is 20.6 Å². The molecule has 174 valence electrons. The average Bonchev–Trinajstić information content (AvgIpc) is 2.78. The number of methoxy groups -OCH3 is 1. The van der Waals surface area contributed by atoms with Crippen molar-refractivity contribution in [3.8, 4) is 0 Å². The van der Waals surface area contributed by atoms with Gasteiger partial charge in [-0.2, -0.15) is 4.99 Å². The minimum atomic E-state index is -0.504. The number of benzene rings is 1. The van der Waals surface area contributed by atoms with Crippen LogP contribution < -0.4 is 16.0 Å². The lowest BCUT2D eigenvalue weighted by Gasteiger charge is -2.41. The molecule has 1 aromatic heterocycles. The second-order valence-electron chi connectivity index (χ2n) is 9.03. The Morgan fingerprint density at radius 2 is 2.06 bits per heavy atom. The third-order valence-electron chi connectivity index (χ3n) is 6.56. The first kappa shape index (κ1) is 22.9. The van der Waals surface area contributed by atoms with Crippen LogP contribution in [0.4, 0.5) is 10.2 Å². The van der Waals surface area contributed by atoms with Crippen molar-refractivity contribution in [1.82, 2.24) is 10.3 Å². The number of hydrogen-bond donors (Lipinski definition) is 2. The van der Waals surface area contributed by atoms with Crippen molar-refractivity contribution < 1.29 is 14.2 Å². The van der Waals surface area contributed by atoms with Crippen LogP contribution >= 0.6 is 0 Å². The van der Waals surface area contributed by atoms with Crippen LogP contribution in [0.25, 0.3) is 10.9 Å². The second-order valence-corrected chi connectivity index (χ2v) is 9.03. The first-order valence-electron chi connectivity index (χ1n) is 11.6. The maximum atomic E-state index is 13.8. The average molecular weight is 445 g/mol. The van der Waals surface area contributed by atoms with E-state index in [0.29, 0.717) is 40.9 Å². The molecule has 0 bridgehead atoms. The monoisotopic (exact) mass is 444 g/mol. The molecule has 2 aromatic rings. The van der Waals surface area contributed by atoms with Gasteiger partial charge in [0, 0.05) is 37.7 Å². The zero-order valence-corrected chi connectivity index (χ0v) is 19.0. The van der Waals surface area contributed by atoms with Crippen LogP contribution in [0.15, 0.2) is 29.3 Å². The molecule has 0 radical (unpaired) electrons. The lowest BCUT2D eigenvalue weighted by Crippen LogP contribution is -2.56. The predicted molar refractivity (Wildman–Crippen MR) is 127 cm³/mol. The minimum Gasteiger partial charge on any atom is -0.578 e. The van der Waals surface area contributed by atoms with Crippen molar-refractivity contribution >= 4 is 22.6 Å². The number of piperidine rings is 1. The predicted octanol–water partition coefficient (Wildman–Crippen LogP) is 2.67. The Labute approximate surface area is 188 Å². The highest BCUT2D eigenvalue weighted by Crippen LogP contribution is 2.29. The Hall–Kier alpha value is -2.29. The number of aromatic nitrogens is 1. The second kappa shape index (κ2) is 10.1. The summed E-state index contributed by atoms with van der Waals surface area (Å²) >= 11 is 0. The Kier molecular flexibility index (Phi) is 7.23. The van der Waals surface area contributed by atoms with Gasteiger partial charge in [-0.15, -0.1) is 0 Å². The van der Waals surface area contributed by atoms with Gasteiger partial charge in [0.2, 0.25) is 0 Å². The molecular weight excluding hydrogens is 409 g/mol. The van der Waals surface area contributed by atoms with Crippen LogP contribution in [0.3, 0.4) is 0 Å². The van der Waals surface area contributed by atoms with Gasteiger partial charge < -0.3 is 25.8 Å². The molecule has 0 amide bonds. The number of aliphatic imine (C=N–C) groups is 1. The zero-order valence-electron chi connectivity index (χ0n) is 19.0. The van der Waals surface area contributed by atoms with Gasteiger partial charge in [-0.3, -0.25) is 0 Å². The van der Waals surface area contributed by atoms with E-state index in [2.05, 4.69) is 15.2 Å². The molecule has 0 spiro atoms. The van der Waals surface area contributed by atoms with E-state index in [0.717, 1.165) is 13.0 Å².